The van der Waals surface area contributed by atoms with Gasteiger partial charge in [-0.2, -0.15) is 0 Å². The smallest absolute Gasteiger partial charge is 0.0642 e. The third-order valence-corrected chi connectivity index (χ3v) is 10.8. The van der Waals surface area contributed by atoms with Crippen molar-refractivity contribution in [1.82, 2.24) is 0 Å². The van der Waals surface area contributed by atoms with E-state index in [9.17, 15) is 10.2 Å². The molecule has 4 aliphatic carbocycles. The van der Waals surface area contributed by atoms with Gasteiger partial charge < -0.3 is 10.2 Å². The molecule has 3 fully saturated rings. The lowest BCUT2D eigenvalue weighted by Gasteiger charge is -2.58. The van der Waals surface area contributed by atoms with Crippen LogP contribution in [0.15, 0.2) is 11.6 Å². The fourth-order valence-electron chi connectivity index (χ4n) is 8.22. The summed E-state index contributed by atoms with van der Waals surface area (Å²) in [6, 6.07) is 0. The molecule has 0 saturated heterocycles. The maximum absolute atomic E-state index is 10.6. The summed E-state index contributed by atoms with van der Waals surface area (Å²) in [5.74, 6) is 3.78. The zero-order valence-corrected chi connectivity index (χ0v) is 19.7. The predicted octanol–water partition coefficient (Wildman–Crippen LogP) is 6.50. The second-order valence-corrected chi connectivity index (χ2v) is 12.4. The van der Waals surface area contributed by atoms with Gasteiger partial charge in [0.1, 0.15) is 0 Å². The molecule has 29 heavy (non-hydrogen) atoms. The molecule has 3 saturated carbocycles. The van der Waals surface area contributed by atoms with Gasteiger partial charge in [0.2, 0.25) is 0 Å². The van der Waals surface area contributed by atoms with Gasteiger partial charge in [-0.25, -0.2) is 0 Å². The topological polar surface area (TPSA) is 40.5 Å². The number of rotatable bonds is 5. The summed E-state index contributed by atoms with van der Waals surface area (Å²) < 4.78 is 0. The van der Waals surface area contributed by atoms with Gasteiger partial charge in [-0.3, -0.25) is 0 Å². The van der Waals surface area contributed by atoms with Crippen LogP contribution in [0, 0.1) is 40.4 Å². The Labute approximate surface area is 179 Å². The van der Waals surface area contributed by atoms with Gasteiger partial charge in [-0.15, -0.1) is 0 Å². The third kappa shape index (κ3) is 3.65. The Bertz CT molecular complexity index is 634. The minimum absolute atomic E-state index is 0.0985. The lowest BCUT2D eigenvalue weighted by molar-refractivity contribution is -0.0523. The molecule has 166 valence electrons. The van der Waals surface area contributed by atoms with Crippen LogP contribution in [0.2, 0.25) is 0 Å². The normalized spacial score (nSPS) is 46.5. The Kier molecular flexibility index (Phi) is 5.78. The highest BCUT2D eigenvalue weighted by atomic mass is 16.3. The minimum Gasteiger partial charge on any atom is -0.393 e. The van der Waals surface area contributed by atoms with Gasteiger partial charge in [0.15, 0.2) is 0 Å². The second-order valence-electron chi connectivity index (χ2n) is 12.4. The van der Waals surface area contributed by atoms with Crippen LogP contribution in [0.1, 0.15) is 105 Å². The fourth-order valence-corrected chi connectivity index (χ4v) is 8.22. The third-order valence-electron chi connectivity index (χ3n) is 10.8. The molecule has 4 rings (SSSR count). The number of hydrogen-bond acceptors (Lipinski definition) is 2. The highest BCUT2D eigenvalue weighted by Crippen LogP contribution is 2.66. The molecule has 8 unspecified atom stereocenters. The Hall–Kier alpha value is -0.340. The summed E-state index contributed by atoms with van der Waals surface area (Å²) in [5.41, 5.74) is 1.95. The predicted molar refractivity (Wildman–Crippen MR) is 121 cm³/mol. The quantitative estimate of drug-likeness (QED) is 0.515. The molecule has 0 aromatic rings. The highest BCUT2D eigenvalue weighted by molar-refractivity contribution is 5.25. The molecule has 0 spiro atoms. The number of fused-ring (bicyclic) bond motifs is 5. The summed E-state index contributed by atoms with van der Waals surface area (Å²) in [7, 11) is 0. The summed E-state index contributed by atoms with van der Waals surface area (Å²) in [5, 5.41) is 20.8. The van der Waals surface area contributed by atoms with Crippen molar-refractivity contribution in [3.05, 3.63) is 11.6 Å². The monoisotopic (exact) mass is 402 g/mol. The van der Waals surface area contributed by atoms with Crippen LogP contribution in [0.4, 0.5) is 0 Å². The Morgan fingerprint density at radius 3 is 2.59 bits per heavy atom. The lowest BCUT2D eigenvalue weighted by Crippen LogP contribution is -2.50. The van der Waals surface area contributed by atoms with E-state index in [0.29, 0.717) is 16.7 Å². The zero-order chi connectivity index (χ0) is 21.0. The van der Waals surface area contributed by atoms with Crippen LogP contribution in [0.3, 0.4) is 0 Å². The Balaban J connectivity index is 1.45. The van der Waals surface area contributed by atoms with Gasteiger partial charge in [0.25, 0.3) is 0 Å². The van der Waals surface area contributed by atoms with Crippen molar-refractivity contribution in [3.8, 4) is 0 Å². The first kappa shape index (κ1) is 21.9. The van der Waals surface area contributed by atoms with Crippen LogP contribution in [0.25, 0.3) is 0 Å². The van der Waals surface area contributed by atoms with Crippen molar-refractivity contribution in [1.29, 1.82) is 0 Å². The van der Waals surface area contributed by atoms with E-state index in [1.54, 1.807) is 5.57 Å². The molecule has 0 bridgehead atoms. The summed E-state index contributed by atoms with van der Waals surface area (Å²) in [6.07, 6.45) is 15.9. The Morgan fingerprint density at radius 1 is 1.10 bits per heavy atom. The standard InChI is InChI=1S/C27H46O2/c1-18(2)27(5,29)14-6-7-19-9-11-23-22-10-8-20-17-21(28)12-15-26(20,4)24(22)13-16-25(19,23)3/h8,18-19,21-24,28-29H,6-7,9-17H2,1-5H3. The van der Waals surface area contributed by atoms with E-state index < -0.39 is 5.60 Å². The maximum atomic E-state index is 10.6. The first-order valence-electron chi connectivity index (χ1n) is 12.7. The van der Waals surface area contributed by atoms with Crippen LogP contribution in [-0.4, -0.2) is 21.9 Å². The molecular formula is C27H46O2. The first-order chi connectivity index (χ1) is 13.6. The molecule has 2 N–H and O–H groups in total. The summed E-state index contributed by atoms with van der Waals surface area (Å²) in [6.45, 7) is 11.5. The van der Waals surface area contributed by atoms with Crippen LogP contribution in [-0.2, 0) is 0 Å². The van der Waals surface area contributed by atoms with Crippen molar-refractivity contribution < 1.29 is 10.2 Å². The Morgan fingerprint density at radius 2 is 1.86 bits per heavy atom. The average molecular weight is 403 g/mol. The molecular weight excluding hydrogens is 356 g/mol. The molecule has 0 aliphatic heterocycles. The summed E-state index contributed by atoms with van der Waals surface area (Å²) in [4.78, 5) is 0. The molecule has 0 radical (unpaired) electrons. The molecule has 2 nitrogen and oxygen atoms in total. The van der Waals surface area contributed by atoms with Crippen molar-refractivity contribution in [3.63, 3.8) is 0 Å². The second kappa shape index (κ2) is 7.66. The average Bonchev–Trinajstić information content (AvgIpc) is 2.99. The van der Waals surface area contributed by atoms with Gasteiger partial charge in [-0.1, -0.05) is 45.8 Å². The maximum Gasteiger partial charge on any atom is 0.0642 e. The molecule has 0 amide bonds. The summed E-state index contributed by atoms with van der Waals surface area (Å²) >= 11 is 0. The van der Waals surface area contributed by atoms with Crippen molar-refractivity contribution in [2.24, 2.45) is 40.4 Å². The van der Waals surface area contributed by atoms with E-state index in [1.807, 2.05) is 6.92 Å². The van der Waals surface area contributed by atoms with E-state index in [-0.39, 0.29) is 6.10 Å². The van der Waals surface area contributed by atoms with Crippen molar-refractivity contribution in [2.75, 3.05) is 0 Å². The van der Waals surface area contributed by atoms with Crippen molar-refractivity contribution >= 4 is 0 Å². The molecule has 0 aromatic carbocycles. The SMILES string of the molecule is CC(C)C(C)(O)CCCC1CCC2C3CC=C4CC(O)CCC4(C)C3CCC12C. The van der Waals surface area contributed by atoms with E-state index in [2.05, 4.69) is 33.8 Å². The number of aliphatic hydroxyl groups is 2. The van der Waals surface area contributed by atoms with E-state index in [0.717, 1.165) is 42.9 Å². The van der Waals surface area contributed by atoms with E-state index >= 15 is 0 Å². The fraction of sp³-hybridized carbons (Fsp3) is 0.926. The van der Waals surface area contributed by atoms with Gasteiger partial charge in [-0.05, 0) is 112 Å². The molecule has 0 heterocycles. The lowest BCUT2D eigenvalue weighted by atomic mass is 9.47. The van der Waals surface area contributed by atoms with Crippen LogP contribution >= 0.6 is 0 Å². The van der Waals surface area contributed by atoms with Crippen LogP contribution < -0.4 is 0 Å². The number of allylic oxidation sites excluding steroid dienone is 1. The van der Waals surface area contributed by atoms with Gasteiger partial charge >= 0.3 is 0 Å². The number of aliphatic hydroxyl groups excluding tert-OH is 1. The largest absolute Gasteiger partial charge is 0.393 e. The number of hydrogen-bond donors (Lipinski definition) is 2. The van der Waals surface area contributed by atoms with Crippen molar-refractivity contribution in [2.45, 2.75) is 117 Å². The molecule has 8 atom stereocenters. The molecule has 4 aliphatic rings. The molecule has 0 aromatic heterocycles. The van der Waals surface area contributed by atoms with E-state index in [1.165, 1.54) is 51.4 Å². The minimum atomic E-state index is -0.513. The molecule has 2 heteroatoms. The first-order valence-corrected chi connectivity index (χ1v) is 12.7. The highest BCUT2D eigenvalue weighted by Gasteiger charge is 2.58. The van der Waals surface area contributed by atoms with Crippen LogP contribution in [0.5, 0.6) is 0 Å². The van der Waals surface area contributed by atoms with Gasteiger partial charge in [0.05, 0.1) is 11.7 Å². The zero-order valence-electron chi connectivity index (χ0n) is 19.7. The van der Waals surface area contributed by atoms with Gasteiger partial charge in [0, 0.05) is 0 Å². The van der Waals surface area contributed by atoms with E-state index in [4.69, 9.17) is 0 Å².